The van der Waals surface area contributed by atoms with Crippen LogP contribution in [0.3, 0.4) is 0 Å². The van der Waals surface area contributed by atoms with Crippen LogP contribution in [0.2, 0.25) is 0 Å². The molecule has 1 saturated carbocycles. The maximum Gasteiger partial charge on any atom is 0.317 e. The molecule has 2 heterocycles. The van der Waals surface area contributed by atoms with Gasteiger partial charge in [-0.15, -0.1) is 5.10 Å². The van der Waals surface area contributed by atoms with Gasteiger partial charge in [-0.1, -0.05) is 12.1 Å². The average molecular weight is 278 g/mol. The first-order valence-corrected chi connectivity index (χ1v) is 6.81. The van der Waals surface area contributed by atoms with E-state index in [1.165, 1.54) is 6.20 Å². The summed E-state index contributed by atoms with van der Waals surface area (Å²) in [6.07, 6.45) is 3.40. The van der Waals surface area contributed by atoms with Gasteiger partial charge < -0.3 is 16.0 Å². The predicted octanol–water partition coefficient (Wildman–Crippen LogP) is -0.258. The Morgan fingerprint density at radius 3 is 2.85 bits per heavy atom. The summed E-state index contributed by atoms with van der Waals surface area (Å²) >= 11 is 0. The lowest BCUT2D eigenvalue weighted by Crippen LogP contribution is -2.40. The monoisotopic (exact) mass is 278 g/mol. The van der Waals surface area contributed by atoms with Gasteiger partial charge in [-0.3, -0.25) is 4.79 Å². The Hall–Kier alpha value is -2.12. The highest BCUT2D eigenvalue weighted by Gasteiger charge is 2.36. The molecule has 3 N–H and O–H groups in total. The van der Waals surface area contributed by atoms with Crippen LogP contribution in [-0.2, 0) is 0 Å². The first-order chi connectivity index (χ1) is 9.54. The van der Waals surface area contributed by atoms with Gasteiger partial charge in [0, 0.05) is 19.1 Å². The SMILES string of the molecule is CC1CC1NC(=O)N1CCC(n2cc(C(N)=O)nn2)C1. The summed E-state index contributed by atoms with van der Waals surface area (Å²) in [7, 11) is 0. The van der Waals surface area contributed by atoms with Crippen molar-refractivity contribution in [1.29, 1.82) is 0 Å². The lowest BCUT2D eigenvalue weighted by atomic mass is 10.3. The summed E-state index contributed by atoms with van der Waals surface area (Å²) in [6, 6.07) is 0.365. The number of aromatic nitrogens is 3. The molecule has 0 spiro atoms. The molecule has 20 heavy (non-hydrogen) atoms. The molecule has 1 aliphatic carbocycles. The van der Waals surface area contributed by atoms with Gasteiger partial charge in [0.2, 0.25) is 0 Å². The first kappa shape index (κ1) is 12.9. The topological polar surface area (TPSA) is 106 Å². The summed E-state index contributed by atoms with van der Waals surface area (Å²) < 4.78 is 1.62. The van der Waals surface area contributed by atoms with Gasteiger partial charge in [0.05, 0.1) is 12.2 Å². The highest BCUT2D eigenvalue weighted by Crippen LogP contribution is 2.29. The molecule has 3 unspecified atom stereocenters. The van der Waals surface area contributed by atoms with Gasteiger partial charge in [-0.2, -0.15) is 0 Å². The van der Waals surface area contributed by atoms with E-state index in [1.807, 2.05) is 0 Å². The van der Waals surface area contributed by atoms with E-state index in [-0.39, 0.29) is 17.8 Å². The van der Waals surface area contributed by atoms with E-state index in [2.05, 4.69) is 22.6 Å². The summed E-state index contributed by atoms with van der Waals surface area (Å²) in [6.45, 7) is 3.39. The third-order valence-electron chi connectivity index (χ3n) is 4.01. The maximum absolute atomic E-state index is 12.0. The van der Waals surface area contributed by atoms with Crippen molar-refractivity contribution in [2.45, 2.75) is 31.8 Å². The quantitative estimate of drug-likeness (QED) is 0.794. The molecule has 3 rings (SSSR count). The number of hydrogen-bond acceptors (Lipinski definition) is 4. The van der Waals surface area contributed by atoms with Crippen LogP contribution in [0.25, 0.3) is 0 Å². The fourth-order valence-electron chi connectivity index (χ4n) is 2.48. The van der Waals surface area contributed by atoms with E-state index < -0.39 is 5.91 Å². The fraction of sp³-hybridized carbons (Fsp3) is 0.667. The van der Waals surface area contributed by atoms with E-state index in [1.54, 1.807) is 9.58 Å². The Morgan fingerprint density at radius 2 is 2.25 bits per heavy atom. The summed E-state index contributed by atoms with van der Waals surface area (Å²) in [5, 5.41) is 10.6. The number of carbonyl (C=O) groups excluding carboxylic acids is 2. The Labute approximate surface area is 116 Å². The van der Waals surface area contributed by atoms with Crippen molar-refractivity contribution in [2.24, 2.45) is 11.7 Å². The molecule has 3 atom stereocenters. The zero-order chi connectivity index (χ0) is 14.3. The minimum Gasteiger partial charge on any atom is -0.364 e. The van der Waals surface area contributed by atoms with Crippen molar-refractivity contribution in [3.05, 3.63) is 11.9 Å². The first-order valence-electron chi connectivity index (χ1n) is 6.81. The molecular weight excluding hydrogens is 260 g/mol. The number of likely N-dealkylation sites (tertiary alicyclic amines) is 1. The standard InChI is InChI=1S/C12H18N6O2/c1-7-4-9(7)14-12(20)17-3-2-8(5-17)18-6-10(11(13)19)15-16-18/h6-9H,2-5H2,1H3,(H2,13,19)(H,14,20). The van der Waals surface area contributed by atoms with Gasteiger partial charge in [0.25, 0.3) is 5.91 Å². The van der Waals surface area contributed by atoms with E-state index in [0.717, 1.165) is 12.8 Å². The van der Waals surface area contributed by atoms with Crippen molar-refractivity contribution < 1.29 is 9.59 Å². The van der Waals surface area contributed by atoms with Gasteiger partial charge in [-0.05, 0) is 18.8 Å². The van der Waals surface area contributed by atoms with Gasteiger partial charge in [-0.25, -0.2) is 9.48 Å². The highest BCUT2D eigenvalue weighted by atomic mass is 16.2. The van der Waals surface area contributed by atoms with Crippen LogP contribution >= 0.6 is 0 Å². The zero-order valence-electron chi connectivity index (χ0n) is 11.3. The molecule has 2 fully saturated rings. The van der Waals surface area contributed by atoms with Crippen molar-refractivity contribution in [3.8, 4) is 0 Å². The number of amides is 3. The molecule has 0 aromatic carbocycles. The molecule has 3 amide bonds. The van der Waals surface area contributed by atoms with E-state index in [0.29, 0.717) is 25.0 Å². The van der Waals surface area contributed by atoms with Crippen LogP contribution in [0.5, 0.6) is 0 Å². The number of nitrogens with one attached hydrogen (secondary N) is 1. The molecule has 1 aromatic heterocycles. The number of rotatable bonds is 3. The Kier molecular flexibility index (Phi) is 3.07. The number of nitrogens with two attached hydrogens (primary N) is 1. The second kappa shape index (κ2) is 4.77. The van der Waals surface area contributed by atoms with Crippen LogP contribution in [0.15, 0.2) is 6.20 Å². The maximum atomic E-state index is 12.0. The number of urea groups is 1. The average Bonchev–Trinajstić information content (AvgIpc) is 2.92. The van der Waals surface area contributed by atoms with Crippen molar-refractivity contribution in [1.82, 2.24) is 25.2 Å². The molecule has 2 aliphatic rings. The lowest BCUT2D eigenvalue weighted by Gasteiger charge is -2.17. The molecule has 0 bridgehead atoms. The molecule has 0 radical (unpaired) electrons. The summed E-state index contributed by atoms with van der Waals surface area (Å²) in [5.41, 5.74) is 5.30. The van der Waals surface area contributed by atoms with Crippen LogP contribution in [0.1, 0.15) is 36.3 Å². The van der Waals surface area contributed by atoms with Crippen molar-refractivity contribution >= 4 is 11.9 Å². The largest absolute Gasteiger partial charge is 0.364 e. The normalized spacial score (nSPS) is 28.4. The molecule has 8 heteroatoms. The predicted molar refractivity (Wildman–Crippen MR) is 69.9 cm³/mol. The Bertz CT molecular complexity index is 542. The van der Waals surface area contributed by atoms with E-state index in [9.17, 15) is 9.59 Å². The molecule has 1 saturated heterocycles. The minimum atomic E-state index is -0.591. The van der Waals surface area contributed by atoms with Crippen LogP contribution in [0, 0.1) is 5.92 Å². The Morgan fingerprint density at radius 1 is 1.50 bits per heavy atom. The molecule has 1 aromatic rings. The number of nitrogens with zero attached hydrogens (tertiary/aromatic N) is 4. The number of carbonyl (C=O) groups is 2. The van der Waals surface area contributed by atoms with Gasteiger partial charge in [0.1, 0.15) is 0 Å². The van der Waals surface area contributed by atoms with E-state index in [4.69, 9.17) is 5.73 Å². The van der Waals surface area contributed by atoms with Crippen LogP contribution in [0.4, 0.5) is 4.79 Å². The van der Waals surface area contributed by atoms with Gasteiger partial charge in [0.15, 0.2) is 5.69 Å². The third-order valence-corrected chi connectivity index (χ3v) is 4.01. The van der Waals surface area contributed by atoms with Crippen molar-refractivity contribution in [3.63, 3.8) is 0 Å². The summed E-state index contributed by atoms with van der Waals surface area (Å²) in [5.74, 6) is -0.00245. The van der Waals surface area contributed by atoms with Crippen LogP contribution < -0.4 is 11.1 Å². The Balaban J connectivity index is 1.58. The second-order valence-corrected chi connectivity index (χ2v) is 5.61. The highest BCUT2D eigenvalue weighted by molar-refractivity contribution is 5.90. The van der Waals surface area contributed by atoms with E-state index >= 15 is 0 Å². The van der Waals surface area contributed by atoms with Crippen molar-refractivity contribution in [2.75, 3.05) is 13.1 Å². The smallest absolute Gasteiger partial charge is 0.317 e. The lowest BCUT2D eigenvalue weighted by molar-refractivity contribution is 0.0995. The third kappa shape index (κ3) is 2.45. The second-order valence-electron chi connectivity index (χ2n) is 5.61. The molecule has 108 valence electrons. The van der Waals surface area contributed by atoms with Crippen LogP contribution in [-0.4, -0.2) is 51.0 Å². The fourth-order valence-corrected chi connectivity index (χ4v) is 2.48. The minimum absolute atomic E-state index is 0.0166. The molecule has 1 aliphatic heterocycles. The molecular formula is C12H18N6O2. The zero-order valence-corrected chi connectivity index (χ0v) is 11.3. The molecule has 8 nitrogen and oxygen atoms in total. The number of primary amides is 1. The van der Waals surface area contributed by atoms with Gasteiger partial charge >= 0.3 is 6.03 Å². The summed E-state index contributed by atoms with van der Waals surface area (Å²) in [4.78, 5) is 24.8. The number of hydrogen-bond donors (Lipinski definition) is 2.